The van der Waals surface area contributed by atoms with Gasteiger partial charge in [0.1, 0.15) is 5.82 Å². The highest BCUT2D eigenvalue weighted by atomic mass is 19.1. The number of anilines is 1. The molecule has 6 heteroatoms. The largest absolute Gasteiger partial charge is 0.481 e. The first kappa shape index (κ1) is 16.7. The van der Waals surface area contributed by atoms with Gasteiger partial charge in [0.2, 0.25) is 0 Å². The van der Waals surface area contributed by atoms with Gasteiger partial charge < -0.3 is 20.1 Å². The second-order valence-corrected chi connectivity index (χ2v) is 5.77. The molecule has 1 aliphatic heterocycles. The molecule has 1 aromatic carbocycles. The molecule has 1 fully saturated rings. The number of carboxylic acids is 1. The molecule has 0 spiro atoms. The molecule has 22 heavy (non-hydrogen) atoms. The van der Waals surface area contributed by atoms with Crippen LogP contribution in [0.3, 0.4) is 0 Å². The molecule has 0 saturated carbocycles. The first-order valence-corrected chi connectivity index (χ1v) is 7.57. The van der Waals surface area contributed by atoms with Gasteiger partial charge in [-0.3, -0.25) is 4.79 Å². The lowest BCUT2D eigenvalue weighted by Crippen LogP contribution is -2.45. The van der Waals surface area contributed by atoms with Crippen molar-refractivity contribution in [3.63, 3.8) is 0 Å². The third kappa shape index (κ3) is 4.68. The smallest absolute Gasteiger partial charge is 0.304 e. The number of halogens is 1. The Morgan fingerprint density at radius 2 is 2.09 bits per heavy atom. The molecule has 1 aromatic rings. The number of morpholine rings is 1. The molecule has 0 bridgehead atoms. The normalized spacial score (nSPS) is 21.9. The van der Waals surface area contributed by atoms with E-state index in [1.807, 2.05) is 24.8 Å². The van der Waals surface area contributed by atoms with Crippen molar-refractivity contribution in [1.29, 1.82) is 0 Å². The number of hydrogen-bond acceptors (Lipinski definition) is 4. The molecule has 2 N–H and O–H groups in total. The Morgan fingerprint density at radius 3 is 2.73 bits per heavy atom. The first-order valence-electron chi connectivity index (χ1n) is 7.57. The van der Waals surface area contributed by atoms with E-state index in [0.717, 1.165) is 5.56 Å². The van der Waals surface area contributed by atoms with Crippen molar-refractivity contribution in [2.75, 3.05) is 24.5 Å². The van der Waals surface area contributed by atoms with Crippen LogP contribution >= 0.6 is 0 Å². The zero-order valence-corrected chi connectivity index (χ0v) is 13.0. The summed E-state index contributed by atoms with van der Waals surface area (Å²) >= 11 is 0. The zero-order valence-electron chi connectivity index (χ0n) is 13.0. The summed E-state index contributed by atoms with van der Waals surface area (Å²) in [6, 6.07) is 5.02. The number of rotatable bonds is 6. The van der Waals surface area contributed by atoms with Crippen molar-refractivity contribution in [2.45, 2.75) is 39.0 Å². The van der Waals surface area contributed by atoms with Gasteiger partial charge in [0.05, 0.1) is 24.3 Å². The standard InChI is InChI=1S/C16H23FN2O3/c1-11-9-19(10-12(2)22-11)15-7-13(3-4-14(15)17)8-18-6-5-16(20)21/h3-4,7,11-12,18H,5-6,8-10H2,1-2H3,(H,20,21). The van der Waals surface area contributed by atoms with Crippen molar-refractivity contribution in [2.24, 2.45) is 0 Å². The van der Waals surface area contributed by atoms with Gasteiger partial charge in [-0.1, -0.05) is 6.07 Å². The zero-order chi connectivity index (χ0) is 16.1. The minimum Gasteiger partial charge on any atom is -0.481 e. The second-order valence-electron chi connectivity index (χ2n) is 5.77. The summed E-state index contributed by atoms with van der Waals surface area (Å²) < 4.78 is 19.8. The lowest BCUT2D eigenvalue weighted by molar-refractivity contribution is -0.136. The SMILES string of the molecule is CC1CN(c2cc(CNCCC(=O)O)ccc2F)CC(C)O1. The Hall–Kier alpha value is -1.66. The average Bonchev–Trinajstić information content (AvgIpc) is 2.44. The summed E-state index contributed by atoms with van der Waals surface area (Å²) in [5.74, 6) is -1.07. The van der Waals surface area contributed by atoms with Crippen LogP contribution < -0.4 is 10.2 Å². The molecule has 0 radical (unpaired) electrons. The van der Waals surface area contributed by atoms with Gasteiger partial charge in [0, 0.05) is 26.2 Å². The number of hydrogen-bond donors (Lipinski definition) is 2. The predicted octanol–water partition coefficient (Wildman–Crippen LogP) is 2.00. The summed E-state index contributed by atoms with van der Waals surface area (Å²) in [5.41, 5.74) is 1.52. The number of carboxylic acid groups (broad SMARTS) is 1. The van der Waals surface area contributed by atoms with E-state index >= 15 is 0 Å². The molecule has 1 saturated heterocycles. The average molecular weight is 310 g/mol. The van der Waals surface area contributed by atoms with Crippen LogP contribution in [0, 0.1) is 5.82 Å². The van der Waals surface area contributed by atoms with Crippen molar-refractivity contribution in [3.8, 4) is 0 Å². The Bertz CT molecular complexity index is 514. The van der Waals surface area contributed by atoms with Crippen LogP contribution in [0.25, 0.3) is 0 Å². The maximum Gasteiger partial charge on any atom is 0.304 e. The third-order valence-electron chi connectivity index (χ3n) is 3.62. The lowest BCUT2D eigenvalue weighted by Gasteiger charge is -2.37. The van der Waals surface area contributed by atoms with Gasteiger partial charge in [-0.15, -0.1) is 0 Å². The van der Waals surface area contributed by atoms with Crippen LogP contribution in [0.2, 0.25) is 0 Å². The topological polar surface area (TPSA) is 61.8 Å². The summed E-state index contributed by atoms with van der Waals surface area (Å²) in [6.07, 6.45) is 0.216. The molecule has 0 amide bonds. The molecule has 0 aromatic heterocycles. The fourth-order valence-electron chi connectivity index (χ4n) is 2.71. The van der Waals surface area contributed by atoms with E-state index in [1.165, 1.54) is 6.07 Å². The van der Waals surface area contributed by atoms with Crippen LogP contribution in [-0.4, -0.2) is 42.9 Å². The molecular weight excluding hydrogens is 287 g/mol. The minimum atomic E-state index is -0.830. The fourth-order valence-corrected chi connectivity index (χ4v) is 2.71. The summed E-state index contributed by atoms with van der Waals surface area (Å²) in [5, 5.41) is 11.7. The maximum absolute atomic E-state index is 14.1. The Labute approximate surface area is 130 Å². The quantitative estimate of drug-likeness (QED) is 0.787. The van der Waals surface area contributed by atoms with Crippen molar-refractivity contribution in [3.05, 3.63) is 29.6 Å². The van der Waals surface area contributed by atoms with E-state index in [9.17, 15) is 9.18 Å². The van der Waals surface area contributed by atoms with E-state index in [2.05, 4.69) is 5.32 Å². The van der Waals surface area contributed by atoms with Crippen LogP contribution in [0.5, 0.6) is 0 Å². The van der Waals surface area contributed by atoms with Gasteiger partial charge >= 0.3 is 5.97 Å². The van der Waals surface area contributed by atoms with Crippen LogP contribution in [0.1, 0.15) is 25.8 Å². The Balaban J connectivity index is 2.01. The molecule has 2 rings (SSSR count). The highest BCUT2D eigenvalue weighted by Gasteiger charge is 2.24. The summed E-state index contributed by atoms with van der Waals surface area (Å²) in [7, 11) is 0. The van der Waals surface area contributed by atoms with E-state index in [4.69, 9.17) is 9.84 Å². The van der Waals surface area contributed by atoms with Crippen LogP contribution in [0.4, 0.5) is 10.1 Å². The van der Waals surface area contributed by atoms with Crippen LogP contribution in [-0.2, 0) is 16.1 Å². The highest BCUT2D eigenvalue weighted by molar-refractivity contribution is 5.66. The number of benzene rings is 1. The van der Waals surface area contributed by atoms with Crippen molar-refractivity contribution in [1.82, 2.24) is 5.32 Å². The fraction of sp³-hybridized carbons (Fsp3) is 0.562. The van der Waals surface area contributed by atoms with Gasteiger partial charge in [-0.2, -0.15) is 0 Å². The molecule has 122 valence electrons. The van der Waals surface area contributed by atoms with Gasteiger partial charge in [0.25, 0.3) is 0 Å². The van der Waals surface area contributed by atoms with E-state index in [1.54, 1.807) is 6.07 Å². The molecule has 1 aliphatic rings. The maximum atomic E-state index is 14.1. The number of aliphatic carboxylic acids is 1. The Morgan fingerprint density at radius 1 is 1.41 bits per heavy atom. The number of nitrogens with zero attached hydrogens (tertiary/aromatic N) is 1. The molecule has 5 nitrogen and oxygen atoms in total. The third-order valence-corrected chi connectivity index (χ3v) is 3.62. The molecule has 2 unspecified atom stereocenters. The summed E-state index contributed by atoms with van der Waals surface area (Å²) in [6.45, 7) is 6.22. The monoisotopic (exact) mass is 310 g/mol. The highest BCUT2D eigenvalue weighted by Crippen LogP contribution is 2.24. The van der Waals surface area contributed by atoms with Crippen molar-refractivity contribution >= 4 is 11.7 Å². The number of carbonyl (C=O) groups is 1. The first-order chi connectivity index (χ1) is 10.5. The van der Waals surface area contributed by atoms with Crippen LogP contribution in [0.15, 0.2) is 18.2 Å². The second kappa shape index (κ2) is 7.56. The molecule has 1 heterocycles. The Kier molecular flexibility index (Phi) is 5.74. The predicted molar refractivity (Wildman–Crippen MR) is 82.6 cm³/mol. The van der Waals surface area contributed by atoms with E-state index in [-0.39, 0.29) is 24.4 Å². The molecule has 2 atom stereocenters. The van der Waals surface area contributed by atoms with Gasteiger partial charge in [-0.05, 0) is 31.5 Å². The van der Waals surface area contributed by atoms with Gasteiger partial charge in [0.15, 0.2) is 0 Å². The molecule has 0 aliphatic carbocycles. The molecular formula is C16H23FN2O3. The number of ether oxygens (including phenoxy) is 1. The lowest BCUT2D eigenvalue weighted by atomic mass is 10.1. The van der Waals surface area contributed by atoms with E-state index in [0.29, 0.717) is 31.9 Å². The van der Waals surface area contributed by atoms with E-state index < -0.39 is 5.97 Å². The summed E-state index contributed by atoms with van der Waals surface area (Å²) in [4.78, 5) is 12.5. The minimum absolute atomic E-state index is 0.0699. The van der Waals surface area contributed by atoms with Gasteiger partial charge in [-0.25, -0.2) is 4.39 Å². The number of nitrogens with one attached hydrogen (secondary N) is 1. The van der Waals surface area contributed by atoms with Crippen molar-refractivity contribution < 1.29 is 19.0 Å².